The lowest BCUT2D eigenvalue weighted by molar-refractivity contribution is 0.0955. The van der Waals surface area contributed by atoms with Crippen LogP contribution >= 0.6 is 27.3 Å². The van der Waals surface area contributed by atoms with Crippen molar-refractivity contribution in [3.05, 3.63) is 61.9 Å². The highest BCUT2D eigenvalue weighted by Crippen LogP contribution is 2.22. The first-order valence-electron chi connectivity index (χ1n) is 7.43. The van der Waals surface area contributed by atoms with Gasteiger partial charge in [0.2, 0.25) is 0 Å². The molecular weight excluding hydrogens is 372 g/mol. The second-order valence-corrected chi connectivity index (χ2v) is 8.09. The largest absolute Gasteiger partial charge is 0.352 e. The SMILES string of the molecule is Cc1ccc2nc(C)cc(C(=O)NCCc3ccc(Br)s3)c2c1. The van der Waals surface area contributed by atoms with Crippen molar-refractivity contribution in [2.75, 3.05) is 6.54 Å². The number of aromatic nitrogens is 1. The second-order valence-electron chi connectivity index (χ2n) is 5.54. The van der Waals surface area contributed by atoms with E-state index in [9.17, 15) is 4.79 Å². The highest BCUT2D eigenvalue weighted by molar-refractivity contribution is 9.11. The topological polar surface area (TPSA) is 42.0 Å². The van der Waals surface area contributed by atoms with Crippen LogP contribution in [0.5, 0.6) is 0 Å². The van der Waals surface area contributed by atoms with E-state index in [0.717, 1.165) is 32.4 Å². The van der Waals surface area contributed by atoms with Crippen LogP contribution in [0.2, 0.25) is 0 Å². The number of carbonyl (C=O) groups is 1. The van der Waals surface area contributed by atoms with Gasteiger partial charge < -0.3 is 5.32 Å². The van der Waals surface area contributed by atoms with Crippen LogP contribution in [0.15, 0.2) is 40.2 Å². The number of carbonyl (C=O) groups excluding carboxylic acids is 1. The van der Waals surface area contributed by atoms with E-state index in [-0.39, 0.29) is 5.91 Å². The summed E-state index contributed by atoms with van der Waals surface area (Å²) in [4.78, 5) is 18.3. The van der Waals surface area contributed by atoms with Gasteiger partial charge in [0.15, 0.2) is 0 Å². The number of benzene rings is 1. The zero-order chi connectivity index (χ0) is 16.4. The van der Waals surface area contributed by atoms with Gasteiger partial charge in [-0.2, -0.15) is 0 Å². The summed E-state index contributed by atoms with van der Waals surface area (Å²) in [6.07, 6.45) is 0.836. The van der Waals surface area contributed by atoms with Crippen LogP contribution < -0.4 is 5.32 Å². The summed E-state index contributed by atoms with van der Waals surface area (Å²) >= 11 is 5.15. The van der Waals surface area contributed by atoms with Crippen LogP contribution in [-0.2, 0) is 6.42 Å². The predicted octanol–water partition coefficient (Wildman–Crippen LogP) is 4.65. The first kappa shape index (κ1) is 16.1. The summed E-state index contributed by atoms with van der Waals surface area (Å²) in [7, 11) is 0. The quantitative estimate of drug-likeness (QED) is 0.706. The molecule has 2 aromatic heterocycles. The fourth-order valence-corrected chi connectivity index (χ4v) is 4.02. The Balaban J connectivity index is 1.78. The molecule has 2 heterocycles. The van der Waals surface area contributed by atoms with Crippen molar-refractivity contribution in [2.24, 2.45) is 0 Å². The van der Waals surface area contributed by atoms with Gasteiger partial charge in [-0.15, -0.1) is 11.3 Å². The number of nitrogens with one attached hydrogen (secondary N) is 1. The van der Waals surface area contributed by atoms with Gasteiger partial charge in [0.1, 0.15) is 0 Å². The molecule has 0 spiro atoms. The maximum Gasteiger partial charge on any atom is 0.252 e. The van der Waals surface area contributed by atoms with Gasteiger partial charge in [0, 0.05) is 22.5 Å². The third-order valence-electron chi connectivity index (χ3n) is 3.62. The van der Waals surface area contributed by atoms with Crippen molar-refractivity contribution in [3.8, 4) is 0 Å². The number of nitrogens with zero attached hydrogens (tertiary/aromatic N) is 1. The minimum Gasteiger partial charge on any atom is -0.352 e. The number of halogens is 1. The lowest BCUT2D eigenvalue weighted by Crippen LogP contribution is -2.26. The third kappa shape index (κ3) is 3.79. The van der Waals surface area contributed by atoms with Gasteiger partial charge in [-0.1, -0.05) is 11.6 Å². The smallest absolute Gasteiger partial charge is 0.252 e. The Labute approximate surface area is 147 Å². The second kappa shape index (κ2) is 6.81. The van der Waals surface area contributed by atoms with Crippen LogP contribution in [-0.4, -0.2) is 17.4 Å². The number of hydrogen-bond acceptors (Lipinski definition) is 3. The maximum atomic E-state index is 12.6. The predicted molar refractivity (Wildman–Crippen MR) is 99.3 cm³/mol. The van der Waals surface area contributed by atoms with E-state index in [1.54, 1.807) is 11.3 Å². The summed E-state index contributed by atoms with van der Waals surface area (Å²) in [5, 5.41) is 3.93. The van der Waals surface area contributed by atoms with E-state index in [0.29, 0.717) is 12.1 Å². The molecule has 0 unspecified atom stereocenters. The van der Waals surface area contributed by atoms with Crippen LogP contribution in [0.3, 0.4) is 0 Å². The Morgan fingerprint density at radius 1 is 1.22 bits per heavy atom. The van der Waals surface area contributed by atoms with Crippen LogP contribution in [0.4, 0.5) is 0 Å². The molecule has 0 fully saturated rings. The van der Waals surface area contributed by atoms with E-state index >= 15 is 0 Å². The molecule has 0 saturated heterocycles. The highest BCUT2D eigenvalue weighted by atomic mass is 79.9. The summed E-state index contributed by atoms with van der Waals surface area (Å²) in [5.74, 6) is -0.0401. The van der Waals surface area contributed by atoms with Crippen LogP contribution in [0.1, 0.15) is 26.5 Å². The van der Waals surface area contributed by atoms with Crippen LogP contribution in [0.25, 0.3) is 10.9 Å². The van der Waals surface area contributed by atoms with E-state index in [1.807, 2.05) is 44.2 Å². The molecule has 3 aromatic rings. The molecule has 1 N–H and O–H groups in total. The zero-order valence-electron chi connectivity index (χ0n) is 13.0. The fraction of sp³-hybridized carbons (Fsp3) is 0.222. The van der Waals surface area contributed by atoms with Gasteiger partial charge in [0.05, 0.1) is 14.9 Å². The Kier molecular flexibility index (Phi) is 4.78. The van der Waals surface area contributed by atoms with Gasteiger partial charge in [-0.3, -0.25) is 9.78 Å². The average molecular weight is 389 g/mol. The van der Waals surface area contributed by atoms with Gasteiger partial charge in [-0.05, 0) is 66.5 Å². The number of hydrogen-bond donors (Lipinski definition) is 1. The normalized spacial score (nSPS) is 10.9. The maximum absolute atomic E-state index is 12.6. The number of pyridine rings is 1. The molecule has 0 aliphatic heterocycles. The van der Waals surface area contributed by atoms with E-state index < -0.39 is 0 Å². The molecule has 1 amide bonds. The molecule has 5 heteroatoms. The van der Waals surface area contributed by atoms with Crippen molar-refractivity contribution in [3.63, 3.8) is 0 Å². The van der Waals surface area contributed by atoms with E-state index in [2.05, 4.69) is 32.3 Å². The van der Waals surface area contributed by atoms with Crippen molar-refractivity contribution in [2.45, 2.75) is 20.3 Å². The number of fused-ring (bicyclic) bond motifs is 1. The van der Waals surface area contributed by atoms with Crippen molar-refractivity contribution in [1.29, 1.82) is 0 Å². The number of amides is 1. The number of rotatable bonds is 4. The lowest BCUT2D eigenvalue weighted by Gasteiger charge is -2.09. The van der Waals surface area contributed by atoms with Gasteiger partial charge >= 0.3 is 0 Å². The van der Waals surface area contributed by atoms with Crippen molar-refractivity contribution in [1.82, 2.24) is 10.3 Å². The molecular formula is C18H17BrN2OS. The molecule has 0 radical (unpaired) electrons. The molecule has 3 nitrogen and oxygen atoms in total. The Morgan fingerprint density at radius 2 is 2.04 bits per heavy atom. The van der Waals surface area contributed by atoms with Crippen LogP contribution in [0, 0.1) is 13.8 Å². The summed E-state index contributed by atoms with van der Waals surface area (Å²) in [5.41, 5.74) is 3.54. The molecule has 0 bridgehead atoms. The monoisotopic (exact) mass is 388 g/mol. The average Bonchev–Trinajstić information content (AvgIpc) is 2.92. The third-order valence-corrected chi connectivity index (χ3v) is 5.31. The number of aryl methyl sites for hydroxylation is 2. The molecule has 23 heavy (non-hydrogen) atoms. The molecule has 118 valence electrons. The van der Waals surface area contributed by atoms with Crippen molar-refractivity contribution >= 4 is 44.1 Å². The molecule has 3 rings (SSSR count). The lowest BCUT2D eigenvalue weighted by atomic mass is 10.0. The Bertz CT molecular complexity index is 873. The summed E-state index contributed by atoms with van der Waals surface area (Å²) in [6, 6.07) is 12.0. The van der Waals surface area contributed by atoms with E-state index in [1.165, 1.54) is 4.88 Å². The Morgan fingerprint density at radius 3 is 2.78 bits per heavy atom. The zero-order valence-corrected chi connectivity index (χ0v) is 15.4. The highest BCUT2D eigenvalue weighted by Gasteiger charge is 2.12. The Hall–Kier alpha value is -1.72. The molecule has 0 aliphatic rings. The van der Waals surface area contributed by atoms with Crippen molar-refractivity contribution < 1.29 is 4.79 Å². The molecule has 0 atom stereocenters. The minimum atomic E-state index is -0.0401. The van der Waals surface area contributed by atoms with Gasteiger partial charge in [-0.25, -0.2) is 0 Å². The summed E-state index contributed by atoms with van der Waals surface area (Å²) in [6.45, 7) is 4.56. The molecule has 1 aromatic carbocycles. The summed E-state index contributed by atoms with van der Waals surface area (Å²) < 4.78 is 1.12. The van der Waals surface area contributed by atoms with E-state index in [4.69, 9.17) is 0 Å². The first-order chi connectivity index (χ1) is 11.0. The standard InChI is InChI=1S/C18H17BrN2OS/c1-11-3-5-16-14(9-11)15(10-12(2)21-16)18(22)20-8-7-13-4-6-17(19)23-13/h3-6,9-10H,7-8H2,1-2H3,(H,20,22). The molecule has 0 saturated carbocycles. The van der Waals surface area contributed by atoms with Gasteiger partial charge in [0.25, 0.3) is 5.91 Å². The first-order valence-corrected chi connectivity index (χ1v) is 9.04. The number of thiophene rings is 1. The fourth-order valence-electron chi connectivity index (χ4n) is 2.54. The molecule has 0 aliphatic carbocycles. The minimum absolute atomic E-state index is 0.0401.